The number of hydrogen-bond donors (Lipinski definition) is 1. The highest BCUT2D eigenvalue weighted by atomic mass is 16.4. The molecule has 1 fully saturated rings. The Kier molecular flexibility index (Phi) is 5.59. The molecule has 0 aliphatic carbocycles. The maximum Gasteiger partial charge on any atom is 0.323 e. The van der Waals surface area contributed by atoms with E-state index in [-0.39, 0.29) is 18.4 Å². The smallest absolute Gasteiger partial charge is 0.323 e. The molecular weight excluding hydrogens is 308 g/mol. The summed E-state index contributed by atoms with van der Waals surface area (Å²) in [7, 11) is 0. The predicted molar refractivity (Wildman–Crippen MR) is 90.9 cm³/mol. The summed E-state index contributed by atoms with van der Waals surface area (Å²) in [5.74, 6) is -2.46. The van der Waals surface area contributed by atoms with Crippen LogP contribution in [0.2, 0.25) is 0 Å². The number of carbonyl (C=O) groups is 3. The lowest BCUT2D eigenvalue weighted by atomic mass is 10.1. The first-order valence-corrected chi connectivity index (χ1v) is 8.23. The molecule has 6 nitrogen and oxygen atoms in total. The third kappa shape index (κ3) is 3.93. The summed E-state index contributed by atoms with van der Waals surface area (Å²) in [6.45, 7) is 6.27. The average molecular weight is 332 g/mol. The van der Waals surface area contributed by atoms with Crippen molar-refractivity contribution in [3.05, 3.63) is 29.3 Å². The minimum Gasteiger partial charge on any atom is -0.480 e. The lowest BCUT2D eigenvalue weighted by Crippen LogP contribution is -2.43. The first-order valence-electron chi connectivity index (χ1n) is 8.23. The van der Waals surface area contributed by atoms with Crippen molar-refractivity contribution in [1.82, 2.24) is 4.90 Å². The summed E-state index contributed by atoms with van der Waals surface area (Å²) in [6, 6.07) is 5.89. The monoisotopic (exact) mass is 332 g/mol. The molecule has 0 bridgehead atoms. The van der Waals surface area contributed by atoms with E-state index in [0.717, 1.165) is 16.8 Å². The van der Waals surface area contributed by atoms with Gasteiger partial charge >= 0.3 is 5.97 Å². The van der Waals surface area contributed by atoms with Crippen molar-refractivity contribution in [1.29, 1.82) is 0 Å². The quantitative estimate of drug-likeness (QED) is 0.808. The number of anilines is 1. The Hall–Kier alpha value is -2.37. The van der Waals surface area contributed by atoms with Crippen LogP contribution in [0.25, 0.3) is 0 Å². The van der Waals surface area contributed by atoms with Crippen LogP contribution in [-0.2, 0) is 14.4 Å². The Labute approximate surface area is 142 Å². The SMILES string of the molecule is CCCN(CC(=O)O)C(=O)C1CCN(c2cc(C)cc(C)c2)C1=O. The highest BCUT2D eigenvalue weighted by Crippen LogP contribution is 2.28. The van der Waals surface area contributed by atoms with Gasteiger partial charge in [-0.3, -0.25) is 14.4 Å². The van der Waals surface area contributed by atoms with Crippen LogP contribution in [0.1, 0.15) is 30.9 Å². The maximum atomic E-state index is 12.7. The van der Waals surface area contributed by atoms with Crippen molar-refractivity contribution < 1.29 is 19.5 Å². The molecule has 1 aromatic rings. The minimum atomic E-state index is -1.06. The van der Waals surface area contributed by atoms with Gasteiger partial charge in [0.15, 0.2) is 0 Å². The molecule has 1 N–H and O–H groups in total. The van der Waals surface area contributed by atoms with E-state index in [1.165, 1.54) is 4.90 Å². The van der Waals surface area contributed by atoms with Crippen molar-refractivity contribution in [2.45, 2.75) is 33.6 Å². The Morgan fingerprint density at radius 3 is 2.42 bits per heavy atom. The standard InChI is InChI=1S/C18H24N2O4/c1-4-6-19(11-16(21)22)17(23)15-5-7-20(18(15)24)14-9-12(2)8-13(3)10-14/h8-10,15H,4-7,11H2,1-3H3,(H,21,22). The molecular formula is C18H24N2O4. The van der Waals surface area contributed by atoms with E-state index < -0.39 is 11.9 Å². The Bertz CT molecular complexity index is 636. The second kappa shape index (κ2) is 7.47. The number of carboxylic acid groups (broad SMARTS) is 1. The van der Waals surface area contributed by atoms with Crippen LogP contribution in [0.3, 0.4) is 0 Å². The fraction of sp³-hybridized carbons (Fsp3) is 0.500. The van der Waals surface area contributed by atoms with Crippen molar-refractivity contribution in [3.63, 3.8) is 0 Å². The zero-order valence-electron chi connectivity index (χ0n) is 14.4. The summed E-state index contributed by atoms with van der Waals surface area (Å²) < 4.78 is 0. The summed E-state index contributed by atoms with van der Waals surface area (Å²) in [6.07, 6.45) is 1.07. The van der Waals surface area contributed by atoms with Crippen LogP contribution < -0.4 is 4.90 Å². The van der Waals surface area contributed by atoms with Gasteiger partial charge in [0.1, 0.15) is 12.5 Å². The number of rotatable bonds is 6. The lowest BCUT2D eigenvalue weighted by molar-refractivity contribution is -0.148. The molecule has 1 aliphatic rings. The van der Waals surface area contributed by atoms with Gasteiger partial charge in [-0.2, -0.15) is 0 Å². The number of hydrogen-bond acceptors (Lipinski definition) is 3. The zero-order valence-corrected chi connectivity index (χ0v) is 14.4. The van der Waals surface area contributed by atoms with Crippen LogP contribution in [0.4, 0.5) is 5.69 Å². The number of aryl methyl sites for hydroxylation is 2. The summed E-state index contributed by atoms with van der Waals surface area (Å²) in [4.78, 5) is 39.2. The Morgan fingerprint density at radius 2 is 1.88 bits per heavy atom. The molecule has 0 radical (unpaired) electrons. The van der Waals surface area contributed by atoms with Crippen LogP contribution in [-0.4, -0.2) is 47.4 Å². The largest absolute Gasteiger partial charge is 0.480 e. The molecule has 1 aliphatic heterocycles. The highest BCUT2D eigenvalue weighted by molar-refractivity contribution is 6.10. The van der Waals surface area contributed by atoms with E-state index in [2.05, 4.69) is 0 Å². The van der Waals surface area contributed by atoms with Gasteiger partial charge in [-0.05, 0) is 49.9 Å². The van der Waals surface area contributed by atoms with Gasteiger partial charge in [0.05, 0.1) is 0 Å². The molecule has 2 rings (SSSR count). The minimum absolute atomic E-state index is 0.239. The number of carbonyl (C=O) groups excluding carboxylic acids is 2. The van der Waals surface area contributed by atoms with Gasteiger partial charge in [-0.1, -0.05) is 13.0 Å². The summed E-state index contributed by atoms with van der Waals surface area (Å²) in [5, 5.41) is 8.97. The normalized spacial score (nSPS) is 17.2. The first-order chi connectivity index (χ1) is 11.3. The maximum absolute atomic E-state index is 12.7. The van der Waals surface area contributed by atoms with Gasteiger partial charge in [0.2, 0.25) is 11.8 Å². The highest BCUT2D eigenvalue weighted by Gasteiger charge is 2.40. The third-order valence-corrected chi connectivity index (χ3v) is 4.15. The van der Waals surface area contributed by atoms with E-state index >= 15 is 0 Å². The number of benzene rings is 1. The van der Waals surface area contributed by atoms with Gasteiger partial charge in [0.25, 0.3) is 0 Å². The topological polar surface area (TPSA) is 77.9 Å². The third-order valence-electron chi connectivity index (χ3n) is 4.15. The number of aliphatic carboxylic acids is 1. The van der Waals surface area contributed by atoms with Crippen molar-refractivity contribution in [2.75, 3.05) is 24.5 Å². The number of amides is 2. The summed E-state index contributed by atoms with van der Waals surface area (Å²) in [5.41, 5.74) is 2.92. The molecule has 6 heteroatoms. The molecule has 1 atom stereocenters. The van der Waals surface area contributed by atoms with Crippen LogP contribution in [0, 0.1) is 19.8 Å². The molecule has 1 aromatic carbocycles. The van der Waals surface area contributed by atoms with E-state index in [4.69, 9.17) is 5.11 Å². The second-order valence-corrected chi connectivity index (χ2v) is 6.33. The molecule has 24 heavy (non-hydrogen) atoms. The molecule has 130 valence electrons. The van der Waals surface area contributed by atoms with Crippen LogP contribution in [0.5, 0.6) is 0 Å². The second-order valence-electron chi connectivity index (χ2n) is 6.33. The van der Waals surface area contributed by atoms with Crippen LogP contribution >= 0.6 is 0 Å². The Morgan fingerprint density at radius 1 is 1.25 bits per heavy atom. The molecule has 0 saturated carbocycles. The Balaban J connectivity index is 2.17. The molecule has 0 aromatic heterocycles. The first kappa shape index (κ1) is 18.0. The van der Waals surface area contributed by atoms with Crippen LogP contribution in [0.15, 0.2) is 18.2 Å². The van der Waals surface area contributed by atoms with Gasteiger partial charge < -0.3 is 14.9 Å². The van der Waals surface area contributed by atoms with Gasteiger partial charge in [-0.25, -0.2) is 0 Å². The fourth-order valence-electron chi connectivity index (χ4n) is 3.19. The van der Waals surface area contributed by atoms with E-state index in [0.29, 0.717) is 25.9 Å². The van der Waals surface area contributed by atoms with Gasteiger partial charge in [0, 0.05) is 18.8 Å². The van der Waals surface area contributed by atoms with Crippen molar-refractivity contribution in [3.8, 4) is 0 Å². The van der Waals surface area contributed by atoms with E-state index in [1.807, 2.05) is 39.0 Å². The van der Waals surface area contributed by atoms with Crippen molar-refractivity contribution in [2.24, 2.45) is 5.92 Å². The molecule has 1 heterocycles. The van der Waals surface area contributed by atoms with E-state index in [1.54, 1.807) is 4.90 Å². The zero-order chi connectivity index (χ0) is 17.9. The summed E-state index contributed by atoms with van der Waals surface area (Å²) >= 11 is 0. The molecule has 1 unspecified atom stereocenters. The molecule has 0 spiro atoms. The fourth-order valence-corrected chi connectivity index (χ4v) is 3.19. The number of carboxylic acids is 1. The molecule has 1 saturated heterocycles. The van der Waals surface area contributed by atoms with E-state index in [9.17, 15) is 14.4 Å². The lowest BCUT2D eigenvalue weighted by Gasteiger charge is -2.23. The van der Waals surface area contributed by atoms with Crippen molar-refractivity contribution >= 4 is 23.5 Å². The molecule has 2 amide bonds. The average Bonchev–Trinajstić information content (AvgIpc) is 2.86. The van der Waals surface area contributed by atoms with Gasteiger partial charge in [-0.15, -0.1) is 0 Å². The number of nitrogens with zero attached hydrogens (tertiary/aromatic N) is 2. The predicted octanol–water partition coefficient (Wildman–Crippen LogP) is 1.98.